The molecular weight excluding hydrogens is 138 g/mol. The van der Waals surface area contributed by atoms with Crippen LogP contribution in [0.3, 0.4) is 0 Å². The lowest BCUT2D eigenvalue weighted by molar-refractivity contribution is 0.176. The summed E-state index contributed by atoms with van der Waals surface area (Å²) in [6, 6.07) is 0. The SMILES string of the molecule is CC=NOCC=CCCl. The fraction of sp³-hybridized carbons (Fsp3) is 0.500. The fourth-order valence-electron chi connectivity index (χ4n) is 0.292. The number of hydrogen-bond acceptors (Lipinski definition) is 2. The van der Waals surface area contributed by atoms with Gasteiger partial charge in [0.15, 0.2) is 0 Å². The van der Waals surface area contributed by atoms with Crippen LogP contribution in [0.25, 0.3) is 0 Å². The van der Waals surface area contributed by atoms with Crippen LogP contribution in [0, 0.1) is 0 Å². The summed E-state index contributed by atoms with van der Waals surface area (Å²) in [6.07, 6.45) is 5.22. The van der Waals surface area contributed by atoms with Crippen molar-refractivity contribution in [2.45, 2.75) is 6.92 Å². The van der Waals surface area contributed by atoms with Crippen LogP contribution in [0.1, 0.15) is 6.92 Å². The Morgan fingerprint density at radius 1 is 1.56 bits per heavy atom. The van der Waals surface area contributed by atoms with Gasteiger partial charge in [0.1, 0.15) is 6.61 Å². The zero-order valence-electron chi connectivity index (χ0n) is 5.38. The molecule has 0 N–H and O–H groups in total. The van der Waals surface area contributed by atoms with Crippen molar-refractivity contribution in [2.24, 2.45) is 5.16 Å². The van der Waals surface area contributed by atoms with E-state index in [0.717, 1.165) is 0 Å². The van der Waals surface area contributed by atoms with Crippen molar-refractivity contribution < 1.29 is 4.84 Å². The van der Waals surface area contributed by atoms with Crippen molar-refractivity contribution in [3.63, 3.8) is 0 Å². The van der Waals surface area contributed by atoms with Crippen molar-refractivity contribution in [1.82, 2.24) is 0 Å². The normalized spacial score (nSPS) is 11.3. The van der Waals surface area contributed by atoms with Crippen molar-refractivity contribution in [3.8, 4) is 0 Å². The monoisotopic (exact) mass is 147 g/mol. The second kappa shape index (κ2) is 7.50. The largest absolute Gasteiger partial charge is 0.392 e. The highest BCUT2D eigenvalue weighted by atomic mass is 35.5. The predicted molar refractivity (Wildman–Crippen MR) is 40.0 cm³/mol. The molecule has 0 aliphatic heterocycles. The van der Waals surface area contributed by atoms with Crippen molar-refractivity contribution >= 4 is 17.8 Å². The lowest BCUT2D eigenvalue weighted by atomic mass is 10.6. The molecule has 0 saturated heterocycles. The number of allylic oxidation sites excluding steroid dienone is 1. The van der Waals surface area contributed by atoms with E-state index in [4.69, 9.17) is 16.4 Å². The van der Waals surface area contributed by atoms with Gasteiger partial charge in [0.25, 0.3) is 0 Å². The van der Waals surface area contributed by atoms with Crippen LogP contribution >= 0.6 is 11.6 Å². The van der Waals surface area contributed by atoms with Crippen LogP contribution in [-0.4, -0.2) is 18.7 Å². The topological polar surface area (TPSA) is 21.6 Å². The molecular formula is C6H10ClNO. The van der Waals surface area contributed by atoms with Gasteiger partial charge in [-0.2, -0.15) is 0 Å². The Labute approximate surface area is 60.1 Å². The second-order valence-electron chi connectivity index (χ2n) is 1.29. The molecule has 52 valence electrons. The molecule has 0 fully saturated rings. The third kappa shape index (κ3) is 7.50. The number of halogens is 1. The first kappa shape index (κ1) is 8.50. The third-order valence-electron chi connectivity index (χ3n) is 0.606. The Morgan fingerprint density at radius 3 is 2.89 bits per heavy atom. The first-order chi connectivity index (χ1) is 4.41. The summed E-state index contributed by atoms with van der Waals surface area (Å²) in [7, 11) is 0. The summed E-state index contributed by atoms with van der Waals surface area (Å²) in [5, 5.41) is 3.52. The van der Waals surface area contributed by atoms with E-state index in [-0.39, 0.29) is 0 Å². The average Bonchev–Trinajstić information content (AvgIpc) is 1.89. The molecule has 3 heteroatoms. The van der Waals surface area contributed by atoms with Gasteiger partial charge in [0, 0.05) is 12.1 Å². The molecule has 0 radical (unpaired) electrons. The predicted octanol–water partition coefficient (Wildman–Crippen LogP) is 1.80. The van der Waals surface area contributed by atoms with Crippen LogP contribution < -0.4 is 0 Å². The second-order valence-corrected chi connectivity index (χ2v) is 1.59. The summed E-state index contributed by atoms with van der Waals surface area (Å²) >= 11 is 5.33. The lowest BCUT2D eigenvalue weighted by Gasteiger charge is -1.88. The van der Waals surface area contributed by atoms with Gasteiger partial charge in [-0.05, 0) is 13.0 Å². The van der Waals surface area contributed by atoms with E-state index in [0.29, 0.717) is 12.5 Å². The number of rotatable bonds is 4. The summed E-state index contributed by atoms with van der Waals surface area (Å²) < 4.78 is 0. The Hall–Kier alpha value is -0.500. The number of nitrogens with zero attached hydrogens (tertiary/aromatic N) is 1. The molecule has 0 amide bonds. The van der Waals surface area contributed by atoms with E-state index in [1.165, 1.54) is 0 Å². The Bertz CT molecular complexity index is 101. The molecule has 0 aromatic rings. The van der Waals surface area contributed by atoms with Crippen LogP contribution in [0.15, 0.2) is 17.3 Å². The molecule has 0 heterocycles. The van der Waals surface area contributed by atoms with Gasteiger partial charge >= 0.3 is 0 Å². The standard InChI is InChI=1S/C6H10ClNO/c1-2-8-9-6-4-3-5-7/h2-4H,5-6H2,1H3. The summed E-state index contributed by atoms with van der Waals surface area (Å²) in [5.74, 6) is 0.527. The molecule has 0 aliphatic rings. The zero-order valence-corrected chi connectivity index (χ0v) is 6.14. The molecule has 0 spiro atoms. The minimum Gasteiger partial charge on any atom is -0.392 e. The summed E-state index contributed by atoms with van der Waals surface area (Å²) in [5.41, 5.74) is 0. The van der Waals surface area contributed by atoms with Crippen LogP contribution in [0.2, 0.25) is 0 Å². The minimum atomic E-state index is 0.497. The molecule has 0 unspecified atom stereocenters. The summed E-state index contributed by atoms with van der Waals surface area (Å²) in [6.45, 7) is 2.29. The Kier molecular flexibility index (Phi) is 7.08. The van der Waals surface area contributed by atoms with Gasteiger partial charge in [-0.1, -0.05) is 11.2 Å². The lowest BCUT2D eigenvalue weighted by Crippen LogP contribution is -1.80. The quantitative estimate of drug-likeness (QED) is 0.195. The van der Waals surface area contributed by atoms with E-state index < -0.39 is 0 Å². The van der Waals surface area contributed by atoms with Crippen LogP contribution in [0.5, 0.6) is 0 Å². The zero-order chi connectivity index (χ0) is 6.95. The van der Waals surface area contributed by atoms with Gasteiger partial charge in [-0.15, -0.1) is 11.6 Å². The van der Waals surface area contributed by atoms with Gasteiger partial charge in [0.05, 0.1) is 0 Å². The first-order valence-corrected chi connectivity index (χ1v) is 3.26. The van der Waals surface area contributed by atoms with Crippen molar-refractivity contribution in [1.29, 1.82) is 0 Å². The van der Waals surface area contributed by atoms with Crippen molar-refractivity contribution in [2.75, 3.05) is 12.5 Å². The third-order valence-corrected chi connectivity index (χ3v) is 0.785. The number of oxime groups is 1. The molecule has 9 heavy (non-hydrogen) atoms. The van der Waals surface area contributed by atoms with E-state index in [1.54, 1.807) is 13.1 Å². The molecule has 2 nitrogen and oxygen atoms in total. The van der Waals surface area contributed by atoms with Crippen molar-refractivity contribution in [3.05, 3.63) is 12.2 Å². The molecule has 0 rings (SSSR count). The maximum atomic E-state index is 5.33. The van der Waals surface area contributed by atoms with Crippen LogP contribution in [-0.2, 0) is 4.84 Å². The Balaban J connectivity index is 2.99. The first-order valence-electron chi connectivity index (χ1n) is 2.72. The van der Waals surface area contributed by atoms with E-state index >= 15 is 0 Å². The van der Waals surface area contributed by atoms with Gasteiger partial charge in [-0.3, -0.25) is 0 Å². The van der Waals surface area contributed by atoms with E-state index in [1.807, 2.05) is 12.2 Å². The molecule has 0 aliphatic carbocycles. The van der Waals surface area contributed by atoms with Gasteiger partial charge in [-0.25, -0.2) is 0 Å². The Morgan fingerprint density at radius 2 is 2.33 bits per heavy atom. The molecule has 0 aromatic heterocycles. The average molecular weight is 148 g/mol. The highest BCUT2D eigenvalue weighted by molar-refractivity contribution is 6.18. The maximum Gasteiger partial charge on any atom is 0.135 e. The molecule has 0 atom stereocenters. The molecule has 0 saturated carbocycles. The summed E-state index contributed by atoms with van der Waals surface area (Å²) in [4.78, 5) is 4.71. The molecule has 0 bridgehead atoms. The van der Waals surface area contributed by atoms with Crippen LogP contribution in [0.4, 0.5) is 0 Å². The van der Waals surface area contributed by atoms with E-state index in [9.17, 15) is 0 Å². The smallest absolute Gasteiger partial charge is 0.135 e. The van der Waals surface area contributed by atoms with E-state index in [2.05, 4.69) is 5.16 Å². The highest BCUT2D eigenvalue weighted by Crippen LogP contribution is 1.80. The highest BCUT2D eigenvalue weighted by Gasteiger charge is 1.71. The minimum absolute atomic E-state index is 0.497. The number of alkyl halides is 1. The fourth-order valence-corrected chi connectivity index (χ4v) is 0.418. The number of hydrogen-bond donors (Lipinski definition) is 0. The van der Waals surface area contributed by atoms with Gasteiger partial charge < -0.3 is 4.84 Å². The molecule has 0 aromatic carbocycles. The maximum absolute atomic E-state index is 5.33. The van der Waals surface area contributed by atoms with Gasteiger partial charge in [0.2, 0.25) is 0 Å².